The van der Waals surface area contributed by atoms with Gasteiger partial charge in [-0.05, 0) is 65.1 Å². The highest BCUT2D eigenvalue weighted by Crippen LogP contribution is 2.33. The molecular weight excluding hydrogens is 479 g/mol. The maximum Gasteiger partial charge on any atom is 0.257 e. The SMILES string of the molecule is O=C(Nc1ccc(-c2nc3ccccc3o2)c(O)c1)c1cc(I)ccc1Cl. The molecule has 0 fully saturated rings. The number of para-hydroxylation sites is 2. The number of amides is 1. The van der Waals surface area contributed by atoms with Crippen molar-refractivity contribution in [3.63, 3.8) is 0 Å². The first-order valence-corrected chi connectivity index (χ1v) is 9.42. The topological polar surface area (TPSA) is 75.4 Å². The van der Waals surface area contributed by atoms with E-state index in [9.17, 15) is 9.90 Å². The van der Waals surface area contributed by atoms with E-state index in [1.807, 2.05) is 30.3 Å². The fourth-order valence-electron chi connectivity index (χ4n) is 2.65. The molecule has 27 heavy (non-hydrogen) atoms. The molecule has 0 aliphatic rings. The Kier molecular flexibility index (Phi) is 4.75. The highest BCUT2D eigenvalue weighted by atomic mass is 127. The molecule has 2 N–H and O–H groups in total. The van der Waals surface area contributed by atoms with Crippen LogP contribution >= 0.6 is 34.2 Å². The van der Waals surface area contributed by atoms with Crippen molar-refractivity contribution in [2.24, 2.45) is 0 Å². The molecule has 0 atom stereocenters. The normalized spacial score (nSPS) is 10.9. The number of phenols is 1. The van der Waals surface area contributed by atoms with Crippen LogP contribution in [0.3, 0.4) is 0 Å². The third-order valence-electron chi connectivity index (χ3n) is 3.95. The van der Waals surface area contributed by atoms with Crippen LogP contribution in [0.15, 0.2) is 65.1 Å². The fraction of sp³-hybridized carbons (Fsp3) is 0. The van der Waals surface area contributed by atoms with E-state index >= 15 is 0 Å². The van der Waals surface area contributed by atoms with Gasteiger partial charge >= 0.3 is 0 Å². The number of carbonyl (C=O) groups excluding carboxylic acids is 1. The molecule has 1 heterocycles. The van der Waals surface area contributed by atoms with Crippen LogP contribution in [0.1, 0.15) is 10.4 Å². The monoisotopic (exact) mass is 490 g/mol. The van der Waals surface area contributed by atoms with Gasteiger partial charge in [0.05, 0.1) is 16.1 Å². The Balaban J connectivity index is 1.61. The van der Waals surface area contributed by atoms with Gasteiger partial charge in [-0.2, -0.15) is 0 Å². The Morgan fingerprint density at radius 2 is 1.93 bits per heavy atom. The smallest absolute Gasteiger partial charge is 0.257 e. The third kappa shape index (κ3) is 3.63. The lowest BCUT2D eigenvalue weighted by atomic mass is 10.1. The summed E-state index contributed by atoms with van der Waals surface area (Å²) in [5.74, 6) is -0.0899. The quantitative estimate of drug-likeness (QED) is 0.361. The number of nitrogens with one attached hydrogen (secondary N) is 1. The number of halogens is 2. The zero-order valence-electron chi connectivity index (χ0n) is 13.7. The molecule has 0 saturated carbocycles. The second kappa shape index (κ2) is 7.21. The summed E-state index contributed by atoms with van der Waals surface area (Å²) in [6.07, 6.45) is 0. The van der Waals surface area contributed by atoms with Crippen molar-refractivity contribution in [3.05, 3.63) is 74.8 Å². The average Bonchev–Trinajstić information content (AvgIpc) is 3.07. The summed E-state index contributed by atoms with van der Waals surface area (Å²) in [6, 6.07) is 17.3. The van der Waals surface area contributed by atoms with E-state index < -0.39 is 0 Å². The summed E-state index contributed by atoms with van der Waals surface area (Å²) in [6.45, 7) is 0. The first-order chi connectivity index (χ1) is 13.0. The highest BCUT2D eigenvalue weighted by Gasteiger charge is 2.15. The van der Waals surface area contributed by atoms with Crippen molar-refractivity contribution >= 4 is 56.9 Å². The molecular formula is C20H12ClIN2O3. The van der Waals surface area contributed by atoms with Gasteiger partial charge in [0.2, 0.25) is 5.89 Å². The van der Waals surface area contributed by atoms with Crippen LogP contribution in [-0.4, -0.2) is 16.0 Å². The Bertz CT molecular complexity index is 1140. The van der Waals surface area contributed by atoms with E-state index in [2.05, 4.69) is 32.9 Å². The summed E-state index contributed by atoms with van der Waals surface area (Å²) in [5.41, 5.74) is 2.59. The summed E-state index contributed by atoms with van der Waals surface area (Å²) < 4.78 is 6.58. The Hall–Kier alpha value is -2.58. The van der Waals surface area contributed by atoms with Crippen LogP contribution in [0.25, 0.3) is 22.6 Å². The summed E-state index contributed by atoms with van der Waals surface area (Å²) in [5, 5.41) is 13.5. The fourth-order valence-corrected chi connectivity index (χ4v) is 3.34. The number of anilines is 1. The first-order valence-electron chi connectivity index (χ1n) is 7.96. The Labute approximate surface area is 173 Å². The molecule has 4 rings (SSSR count). The molecule has 0 radical (unpaired) electrons. The number of hydrogen-bond donors (Lipinski definition) is 2. The molecule has 0 unspecified atom stereocenters. The van der Waals surface area contributed by atoms with E-state index in [1.165, 1.54) is 6.07 Å². The van der Waals surface area contributed by atoms with Gasteiger partial charge < -0.3 is 14.8 Å². The molecule has 0 saturated heterocycles. The molecule has 4 aromatic rings. The molecule has 134 valence electrons. The third-order valence-corrected chi connectivity index (χ3v) is 4.95. The predicted octanol–water partition coefficient (Wildman–Crippen LogP) is 5.71. The maximum atomic E-state index is 12.5. The number of aromatic nitrogens is 1. The lowest BCUT2D eigenvalue weighted by Crippen LogP contribution is -2.12. The lowest BCUT2D eigenvalue weighted by Gasteiger charge is -2.09. The number of aromatic hydroxyl groups is 1. The van der Waals surface area contributed by atoms with Gasteiger partial charge in [0.1, 0.15) is 11.3 Å². The standard InChI is InChI=1S/C20H12ClIN2O3/c21-15-8-5-11(22)9-14(15)19(26)23-12-6-7-13(17(25)10-12)20-24-16-3-1-2-4-18(16)27-20/h1-10,25H,(H,23,26). The summed E-state index contributed by atoms with van der Waals surface area (Å²) in [7, 11) is 0. The summed E-state index contributed by atoms with van der Waals surface area (Å²) in [4.78, 5) is 16.8. The second-order valence-electron chi connectivity index (χ2n) is 5.80. The second-order valence-corrected chi connectivity index (χ2v) is 7.45. The van der Waals surface area contributed by atoms with Gasteiger partial charge in [0.25, 0.3) is 5.91 Å². The average molecular weight is 491 g/mol. The van der Waals surface area contributed by atoms with E-state index in [-0.39, 0.29) is 11.7 Å². The van der Waals surface area contributed by atoms with Crippen LogP contribution in [0.4, 0.5) is 5.69 Å². The van der Waals surface area contributed by atoms with Gasteiger partial charge in [-0.3, -0.25) is 4.79 Å². The van der Waals surface area contributed by atoms with Crippen molar-refractivity contribution < 1.29 is 14.3 Å². The molecule has 0 aliphatic carbocycles. The Morgan fingerprint density at radius 1 is 1.11 bits per heavy atom. The first kappa shape index (κ1) is 17.8. The maximum absolute atomic E-state index is 12.5. The number of benzene rings is 3. The van der Waals surface area contributed by atoms with Gasteiger partial charge in [0, 0.05) is 15.3 Å². The lowest BCUT2D eigenvalue weighted by molar-refractivity contribution is 0.102. The van der Waals surface area contributed by atoms with Crippen LogP contribution in [-0.2, 0) is 0 Å². The van der Waals surface area contributed by atoms with E-state index in [4.69, 9.17) is 16.0 Å². The van der Waals surface area contributed by atoms with Crippen molar-refractivity contribution in [2.45, 2.75) is 0 Å². The molecule has 1 aromatic heterocycles. The molecule has 5 nitrogen and oxygen atoms in total. The molecule has 3 aromatic carbocycles. The van der Waals surface area contributed by atoms with Crippen LogP contribution in [0, 0.1) is 3.57 Å². The Morgan fingerprint density at radius 3 is 2.70 bits per heavy atom. The summed E-state index contributed by atoms with van der Waals surface area (Å²) >= 11 is 8.21. The number of nitrogens with zero attached hydrogens (tertiary/aromatic N) is 1. The molecule has 0 bridgehead atoms. The largest absolute Gasteiger partial charge is 0.507 e. The number of carbonyl (C=O) groups is 1. The minimum atomic E-state index is -0.354. The van der Waals surface area contributed by atoms with Crippen LogP contribution in [0.2, 0.25) is 5.02 Å². The van der Waals surface area contributed by atoms with Crippen molar-refractivity contribution in [1.29, 1.82) is 0 Å². The zero-order chi connectivity index (χ0) is 19.0. The van der Waals surface area contributed by atoms with E-state index in [0.29, 0.717) is 38.8 Å². The number of hydrogen-bond acceptors (Lipinski definition) is 4. The van der Waals surface area contributed by atoms with Crippen molar-refractivity contribution in [1.82, 2.24) is 4.98 Å². The highest BCUT2D eigenvalue weighted by molar-refractivity contribution is 14.1. The molecule has 0 aliphatic heterocycles. The minimum absolute atomic E-state index is 0.0481. The number of phenolic OH excluding ortho intramolecular Hbond substituents is 1. The van der Waals surface area contributed by atoms with E-state index in [0.717, 1.165) is 3.57 Å². The number of fused-ring (bicyclic) bond motifs is 1. The van der Waals surface area contributed by atoms with Gasteiger partial charge in [0.15, 0.2) is 5.58 Å². The molecule has 7 heteroatoms. The van der Waals surface area contributed by atoms with E-state index in [1.54, 1.807) is 24.3 Å². The van der Waals surface area contributed by atoms with Crippen molar-refractivity contribution in [2.75, 3.05) is 5.32 Å². The molecule has 0 spiro atoms. The van der Waals surface area contributed by atoms with Crippen LogP contribution < -0.4 is 5.32 Å². The van der Waals surface area contributed by atoms with Gasteiger partial charge in [-0.25, -0.2) is 4.98 Å². The van der Waals surface area contributed by atoms with Gasteiger partial charge in [-0.1, -0.05) is 23.7 Å². The predicted molar refractivity (Wildman–Crippen MR) is 113 cm³/mol. The van der Waals surface area contributed by atoms with Crippen LogP contribution in [0.5, 0.6) is 5.75 Å². The van der Waals surface area contributed by atoms with Crippen molar-refractivity contribution in [3.8, 4) is 17.2 Å². The number of rotatable bonds is 3. The zero-order valence-corrected chi connectivity index (χ0v) is 16.7. The number of oxazole rings is 1. The molecule has 1 amide bonds. The minimum Gasteiger partial charge on any atom is -0.507 e. The van der Waals surface area contributed by atoms with Gasteiger partial charge in [-0.15, -0.1) is 0 Å².